The topological polar surface area (TPSA) is 116 Å². The number of hydrogen-bond acceptors (Lipinski definition) is 8. The van der Waals surface area contributed by atoms with Gasteiger partial charge in [0.15, 0.2) is 0 Å². The van der Waals surface area contributed by atoms with Gasteiger partial charge in [0.1, 0.15) is 5.65 Å². The molecular weight excluding hydrogens is 516 g/mol. The molecule has 7 rings (SSSR count). The van der Waals surface area contributed by atoms with E-state index in [1.807, 2.05) is 35.0 Å². The van der Waals surface area contributed by atoms with Crippen molar-refractivity contribution in [3.05, 3.63) is 70.4 Å². The fourth-order valence-corrected chi connectivity index (χ4v) is 6.66. The largest absolute Gasteiger partial charge is 0.393 e. The molecule has 3 aliphatic rings. The molecule has 0 spiro atoms. The van der Waals surface area contributed by atoms with Crippen molar-refractivity contribution in [2.24, 2.45) is 5.92 Å². The van der Waals surface area contributed by atoms with Crippen LogP contribution in [0.1, 0.15) is 68.5 Å². The Hall–Kier alpha value is -3.40. The first-order chi connectivity index (χ1) is 20.0. The molecule has 2 aliphatic carbocycles. The van der Waals surface area contributed by atoms with E-state index >= 15 is 0 Å². The van der Waals surface area contributed by atoms with Crippen molar-refractivity contribution >= 4 is 27.8 Å². The standard InChI is InChI=1S/C32H38N6O3/c39-25-6-4-24(5-7-25)38-29-28(19-35-31(36-29)34-18-21-1-2-21)26-8-3-22(17-27(26)30(38)40)20-37-15-11-32(41,12-16-37)23-9-13-33-14-10-23/h3,8-10,13-14,17,19,21,24-25,39,41H,1-2,4-7,11-12,15-16,18,20H2,(H,34,35,36)/t24-,25-. The Bertz CT molecular complexity index is 1600. The molecule has 2 saturated carbocycles. The van der Waals surface area contributed by atoms with E-state index in [-0.39, 0.29) is 17.7 Å². The molecule has 4 aromatic rings. The second kappa shape index (κ2) is 10.8. The van der Waals surface area contributed by atoms with Gasteiger partial charge < -0.3 is 15.5 Å². The van der Waals surface area contributed by atoms with Crippen molar-refractivity contribution < 1.29 is 10.2 Å². The monoisotopic (exact) mass is 554 g/mol. The van der Waals surface area contributed by atoms with Gasteiger partial charge in [0.05, 0.1) is 11.7 Å². The summed E-state index contributed by atoms with van der Waals surface area (Å²) in [6.45, 7) is 3.12. The van der Waals surface area contributed by atoms with E-state index in [2.05, 4.69) is 26.3 Å². The second-order valence-electron chi connectivity index (χ2n) is 12.3. The number of benzene rings is 1. The van der Waals surface area contributed by atoms with Crippen LogP contribution < -0.4 is 10.9 Å². The molecule has 1 saturated heterocycles. The molecule has 0 unspecified atom stereocenters. The van der Waals surface area contributed by atoms with Crippen molar-refractivity contribution in [3.63, 3.8) is 0 Å². The summed E-state index contributed by atoms with van der Waals surface area (Å²) in [5.41, 5.74) is 1.84. The molecule has 3 aromatic heterocycles. The van der Waals surface area contributed by atoms with Gasteiger partial charge in [0, 0.05) is 61.6 Å². The zero-order valence-corrected chi connectivity index (χ0v) is 23.4. The number of piperidine rings is 1. The number of aromatic nitrogens is 4. The van der Waals surface area contributed by atoms with Crippen LogP contribution in [0.4, 0.5) is 5.95 Å². The first-order valence-corrected chi connectivity index (χ1v) is 15.1. The van der Waals surface area contributed by atoms with Gasteiger partial charge in [-0.25, -0.2) is 4.98 Å². The molecule has 0 radical (unpaired) electrons. The summed E-state index contributed by atoms with van der Waals surface area (Å²) < 4.78 is 1.88. The van der Waals surface area contributed by atoms with Crippen LogP contribution in [-0.4, -0.2) is 60.4 Å². The first kappa shape index (κ1) is 26.5. The summed E-state index contributed by atoms with van der Waals surface area (Å²) in [5, 5.41) is 27.2. The first-order valence-electron chi connectivity index (χ1n) is 15.1. The van der Waals surface area contributed by atoms with E-state index in [0.717, 1.165) is 60.9 Å². The fraction of sp³-hybridized carbons (Fsp3) is 0.500. The number of aliphatic hydroxyl groups excluding tert-OH is 1. The van der Waals surface area contributed by atoms with Crippen molar-refractivity contribution in [2.45, 2.75) is 75.7 Å². The van der Waals surface area contributed by atoms with Crippen LogP contribution in [0.2, 0.25) is 0 Å². The lowest BCUT2D eigenvalue weighted by molar-refractivity contribution is -0.0277. The number of pyridine rings is 2. The number of nitrogens with one attached hydrogen (secondary N) is 1. The van der Waals surface area contributed by atoms with E-state index < -0.39 is 5.60 Å². The van der Waals surface area contributed by atoms with Gasteiger partial charge in [-0.2, -0.15) is 4.98 Å². The molecule has 0 atom stereocenters. The Labute approximate surface area is 239 Å². The number of anilines is 1. The van der Waals surface area contributed by atoms with E-state index in [9.17, 15) is 15.0 Å². The maximum atomic E-state index is 14.2. The van der Waals surface area contributed by atoms with Crippen LogP contribution >= 0.6 is 0 Å². The fourth-order valence-electron chi connectivity index (χ4n) is 6.66. The van der Waals surface area contributed by atoms with Gasteiger partial charge in [-0.3, -0.25) is 19.2 Å². The molecule has 3 N–H and O–H groups in total. The maximum absolute atomic E-state index is 14.2. The maximum Gasteiger partial charge on any atom is 0.260 e. The predicted molar refractivity (Wildman–Crippen MR) is 159 cm³/mol. The third-order valence-electron chi connectivity index (χ3n) is 9.40. The van der Waals surface area contributed by atoms with Gasteiger partial charge in [-0.05, 0) is 92.0 Å². The minimum atomic E-state index is -0.824. The summed E-state index contributed by atoms with van der Waals surface area (Å²) in [6, 6.07) is 9.98. The van der Waals surface area contributed by atoms with Gasteiger partial charge in [-0.15, -0.1) is 0 Å². The molecule has 3 fully saturated rings. The lowest BCUT2D eigenvalue weighted by Gasteiger charge is -2.38. The molecule has 41 heavy (non-hydrogen) atoms. The average Bonchev–Trinajstić information content (AvgIpc) is 3.84. The summed E-state index contributed by atoms with van der Waals surface area (Å²) in [6.07, 6.45) is 11.7. The Kier molecular flexibility index (Phi) is 6.97. The minimum Gasteiger partial charge on any atom is -0.393 e. The van der Waals surface area contributed by atoms with Gasteiger partial charge in [0.25, 0.3) is 5.56 Å². The summed E-state index contributed by atoms with van der Waals surface area (Å²) >= 11 is 0. The molecule has 0 amide bonds. The number of hydrogen-bond donors (Lipinski definition) is 3. The number of aliphatic hydroxyl groups is 2. The number of fused-ring (bicyclic) bond motifs is 3. The summed E-state index contributed by atoms with van der Waals surface area (Å²) in [4.78, 5) is 30.1. The van der Waals surface area contributed by atoms with E-state index in [1.165, 1.54) is 12.8 Å². The van der Waals surface area contributed by atoms with E-state index in [0.29, 0.717) is 48.6 Å². The molecule has 9 nitrogen and oxygen atoms in total. The number of rotatable bonds is 7. The molecule has 1 aliphatic heterocycles. The predicted octanol–water partition coefficient (Wildman–Crippen LogP) is 4.12. The van der Waals surface area contributed by atoms with Crippen LogP contribution in [0.3, 0.4) is 0 Å². The van der Waals surface area contributed by atoms with Gasteiger partial charge in [-0.1, -0.05) is 12.1 Å². The van der Waals surface area contributed by atoms with Crippen molar-refractivity contribution in [1.29, 1.82) is 0 Å². The molecule has 1 aromatic carbocycles. The zero-order valence-electron chi connectivity index (χ0n) is 23.4. The average molecular weight is 555 g/mol. The molecule has 214 valence electrons. The third kappa shape index (κ3) is 5.34. The third-order valence-corrected chi connectivity index (χ3v) is 9.40. The van der Waals surface area contributed by atoms with Crippen LogP contribution in [0.15, 0.2) is 53.7 Å². The quantitative estimate of drug-likeness (QED) is 0.292. The number of likely N-dealkylation sites (tertiary alicyclic amines) is 1. The smallest absolute Gasteiger partial charge is 0.260 e. The SMILES string of the molecule is O=c1c2cc(CN3CCC(O)(c4ccncc4)CC3)ccc2c2cnc(NCC3CC3)nc2n1[C@H]1CC[C@H](O)CC1. The minimum absolute atomic E-state index is 0.000552. The van der Waals surface area contributed by atoms with E-state index in [1.54, 1.807) is 12.4 Å². The van der Waals surface area contributed by atoms with Crippen molar-refractivity contribution in [3.8, 4) is 0 Å². The molecule has 4 heterocycles. The Morgan fingerprint density at radius 2 is 1.71 bits per heavy atom. The highest BCUT2D eigenvalue weighted by atomic mass is 16.3. The molecular formula is C32H38N6O3. The van der Waals surface area contributed by atoms with Crippen molar-refractivity contribution in [1.82, 2.24) is 24.4 Å². The van der Waals surface area contributed by atoms with Gasteiger partial charge >= 0.3 is 0 Å². The van der Waals surface area contributed by atoms with Crippen LogP contribution in [0.5, 0.6) is 0 Å². The zero-order chi connectivity index (χ0) is 28.0. The highest BCUT2D eigenvalue weighted by molar-refractivity contribution is 6.04. The molecule has 0 bridgehead atoms. The Balaban J connectivity index is 1.20. The highest BCUT2D eigenvalue weighted by Crippen LogP contribution is 2.35. The summed E-state index contributed by atoms with van der Waals surface area (Å²) in [7, 11) is 0. The Morgan fingerprint density at radius 1 is 0.951 bits per heavy atom. The summed E-state index contributed by atoms with van der Waals surface area (Å²) in [5.74, 6) is 1.26. The molecule has 9 heteroatoms. The van der Waals surface area contributed by atoms with E-state index in [4.69, 9.17) is 4.98 Å². The van der Waals surface area contributed by atoms with Crippen molar-refractivity contribution in [2.75, 3.05) is 25.0 Å². The van der Waals surface area contributed by atoms with Crippen LogP contribution in [0, 0.1) is 5.92 Å². The number of nitrogens with zero attached hydrogens (tertiary/aromatic N) is 5. The highest BCUT2D eigenvalue weighted by Gasteiger charge is 2.34. The van der Waals surface area contributed by atoms with Crippen LogP contribution in [-0.2, 0) is 12.1 Å². The normalized spacial score (nSPS) is 23.2. The lowest BCUT2D eigenvalue weighted by atomic mass is 9.85. The Morgan fingerprint density at radius 3 is 2.44 bits per heavy atom. The lowest BCUT2D eigenvalue weighted by Crippen LogP contribution is -2.42. The second-order valence-corrected chi connectivity index (χ2v) is 12.3. The van der Waals surface area contributed by atoms with Gasteiger partial charge in [0.2, 0.25) is 5.95 Å². The van der Waals surface area contributed by atoms with Crippen LogP contribution in [0.25, 0.3) is 21.8 Å².